The predicted octanol–water partition coefficient (Wildman–Crippen LogP) is 4.49. The summed E-state index contributed by atoms with van der Waals surface area (Å²) in [5.41, 5.74) is 0. The molecule has 5 heteroatoms. The van der Waals surface area contributed by atoms with Crippen LogP contribution >= 0.6 is 0 Å². The number of rotatable bonds is 6. The lowest BCUT2D eigenvalue weighted by molar-refractivity contribution is -0.147. The summed E-state index contributed by atoms with van der Waals surface area (Å²) in [7, 11) is 0. The molecule has 0 saturated heterocycles. The van der Waals surface area contributed by atoms with Gasteiger partial charge in [-0.3, -0.25) is 9.59 Å². The molecule has 25 heavy (non-hydrogen) atoms. The molecule has 0 bridgehead atoms. The van der Waals surface area contributed by atoms with Gasteiger partial charge in [-0.05, 0) is 50.0 Å². The smallest absolute Gasteiger partial charge is 0.314 e. The van der Waals surface area contributed by atoms with E-state index >= 15 is 0 Å². The minimum absolute atomic E-state index is 0.185. The van der Waals surface area contributed by atoms with E-state index in [4.69, 9.17) is 9.47 Å². The summed E-state index contributed by atoms with van der Waals surface area (Å²) in [5.74, 6) is -0.408. The van der Waals surface area contributed by atoms with Crippen LogP contribution in [-0.2, 0) is 14.3 Å². The van der Waals surface area contributed by atoms with Crippen molar-refractivity contribution in [3.8, 4) is 5.75 Å². The zero-order chi connectivity index (χ0) is 17.9. The first kappa shape index (κ1) is 18.6. The number of benzene rings is 1. The summed E-state index contributed by atoms with van der Waals surface area (Å²) in [4.78, 5) is 24.1. The molecular weight excluding hydrogens is 323 g/mol. The van der Waals surface area contributed by atoms with Crippen molar-refractivity contribution in [3.63, 3.8) is 0 Å². The zero-order valence-corrected chi connectivity index (χ0v) is 13.8. The molecule has 1 fully saturated rings. The Hall–Kier alpha value is -2.69. The lowest BCUT2D eigenvalue weighted by Gasteiger charge is -2.25. The SMILES string of the molecule is O=C(O/C=C/C=C\C=C/F)C1CCC(C(=O)Oc2ccccc2)CC1. The van der Waals surface area contributed by atoms with Crippen molar-refractivity contribution in [1.82, 2.24) is 0 Å². The number of para-hydroxylation sites is 1. The summed E-state index contributed by atoms with van der Waals surface area (Å²) in [5, 5.41) is 0. The molecule has 1 aromatic rings. The molecule has 0 N–H and O–H groups in total. The van der Waals surface area contributed by atoms with Crippen molar-refractivity contribution < 1.29 is 23.5 Å². The van der Waals surface area contributed by atoms with Gasteiger partial charge < -0.3 is 9.47 Å². The topological polar surface area (TPSA) is 52.6 Å². The summed E-state index contributed by atoms with van der Waals surface area (Å²) in [6.45, 7) is 0. The van der Waals surface area contributed by atoms with Crippen molar-refractivity contribution >= 4 is 11.9 Å². The Morgan fingerprint density at radius 1 is 0.880 bits per heavy atom. The highest BCUT2D eigenvalue weighted by atomic mass is 19.1. The molecule has 0 radical (unpaired) electrons. The number of hydrogen-bond acceptors (Lipinski definition) is 4. The monoisotopic (exact) mass is 344 g/mol. The van der Waals surface area contributed by atoms with Crippen LogP contribution in [0, 0.1) is 11.8 Å². The van der Waals surface area contributed by atoms with Gasteiger partial charge in [0.15, 0.2) is 0 Å². The van der Waals surface area contributed by atoms with Crippen LogP contribution in [0.4, 0.5) is 4.39 Å². The predicted molar refractivity (Wildman–Crippen MR) is 92.1 cm³/mol. The Bertz CT molecular complexity index is 641. The number of hydrogen-bond donors (Lipinski definition) is 0. The number of carbonyl (C=O) groups is 2. The summed E-state index contributed by atoms with van der Waals surface area (Å²) in [6.07, 6.45) is 9.88. The number of ether oxygens (including phenoxy) is 2. The van der Waals surface area contributed by atoms with Gasteiger partial charge >= 0.3 is 11.9 Å². The summed E-state index contributed by atoms with van der Waals surface area (Å²) in [6, 6.07) is 8.96. The van der Waals surface area contributed by atoms with Crippen LogP contribution in [0.1, 0.15) is 25.7 Å². The largest absolute Gasteiger partial charge is 0.434 e. The van der Waals surface area contributed by atoms with Crippen molar-refractivity contribution in [2.45, 2.75) is 25.7 Å². The third-order valence-electron chi connectivity index (χ3n) is 4.02. The van der Waals surface area contributed by atoms with Crippen molar-refractivity contribution in [2.75, 3.05) is 0 Å². The highest BCUT2D eigenvalue weighted by Crippen LogP contribution is 2.30. The molecule has 0 amide bonds. The van der Waals surface area contributed by atoms with E-state index in [1.807, 2.05) is 18.2 Å². The average molecular weight is 344 g/mol. The number of allylic oxidation sites excluding steroid dienone is 4. The van der Waals surface area contributed by atoms with Gasteiger partial charge in [0, 0.05) is 0 Å². The van der Waals surface area contributed by atoms with Gasteiger partial charge in [0.05, 0.1) is 24.4 Å². The van der Waals surface area contributed by atoms with Gasteiger partial charge in [-0.25, -0.2) is 4.39 Å². The van der Waals surface area contributed by atoms with Crippen molar-refractivity contribution in [1.29, 1.82) is 0 Å². The molecular formula is C20H21FO4. The van der Waals surface area contributed by atoms with E-state index in [9.17, 15) is 14.0 Å². The minimum Gasteiger partial charge on any atom is -0.434 e. The lowest BCUT2D eigenvalue weighted by atomic mass is 9.82. The zero-order valence-electron chi connectivity index (χ0n) is 13.8. The average Bonchev–Trinajstić information content (AvgIpc) is 2.65. The standard InChI is InChI=1S/C20H21FO4/c21-14-6-1-2-7-15-24-19(22)16-10-12-17(13-11-16)20(23)25-18-8-4-3-5-9-18/h1-9,14-17H,10-13H2/b2-1-,14-6-,15-7+. The van der Waals surface area contributed by atoms with Crippen LogP contribution in [0.5, 0.6) is 5.75 Å². The van der Waals surface area contributed by atoms with Gasteiger partial charge in [0.1, 0.15) is 5.75 Å². The maximum Gasteiger partial charge on any atom is 0.314 e. The highest BCUT2D eigenvalue weighted by molar-refractivity contribution is 5.77. The Balaban J connectivity index is 1.73. The molecule has 1 aliphatic carbocycles. The van der Waals surface area contributed by atoms with Crippen LogP contribution in [0.3, 0.4) is 0 Å². The van der Waals surface area contributed by atoms with E-state index in [1.54, 1.807) is 18.2 Å². The maximum absolute atomic E-state index is 12.2. The fourth-order valence-electron chi connectivity index (χ4n) is 2.67. The third-order valence-corrected chi connectivity index (χ3v) is 4.02. The van der Waals surface area contributed by atoms with E-state index in [2.05, 4.69) is 0 Å². The molecule has 4 nitrogen and oxygen atoms in total. The van der Waals surface area contributed by atoms with Gasteiger partial charge in [0.25, 0.3) is 0 Å². The second-order valence-electron chi connectivity index (χ2n) is 5.75. The first-order valence-electron chi connectivity index (χ1n) is 8.26. The summed E-state index contributed by atoms with van der Waals surface area (Å²) < 4.78 is 22.1. The van der Waals surface area contributed by atoms with Crippen molar-refractivity contribution in [2.24, 2.45) is 11.8 Å². The molecule has 132 valence electrons. The van der Waals surface area contributed by atoms with E-state index in [0.29, 0.717) is 37.8 Å². The fourth-order valence-corrected chi connectivity index (χ4v) is 2.67. The normalized spacial score (nSPS) is 21.0. The number of esters is 2. The molecule has 1 aliphatic rings. The maximum atomic E-state index is 12.2. The Morgan fingerprint density at radius 3 is 2.12 bits per heavy atom. The summed E-state index contributed by atoms with van der Waals surface area (Å²) >= 11 is 0. The Morgan fingerprint density at radius 2 is 1.48 bits per heavy atom. The molecule has 1 saturated carbocycles. The van der Waals surface area contributed by atoms with E-state index in [0.717, 1.165) is 0 Å². The van der Waals surface area contributed by atoms with Crippen LogP contribution in [0.25, 0.3) is 0 Å². The number of carbonyl (C=O) groups excluding carboxylic acids is 2. The molecule has 0 aromatic heterocycles. The molecule has 0 atom stereocenters. The van der Waals surface area contributed by atoms with Gasteiger partial charge in [-0.1, -0.05) is 30.4 Å². The van der Waals surface area contributed by atoms with Crippen molar-refractivity contribution in [3.05, 3.63) is 67.2 Å². The lowest BCUT2D eigenvalue weighted by Crippen LogP contribution is -2.28. The number of halogens is 1. The van der Waals surface area contributed by atoms with E-state index in [1.165, 1.54) is 24.5 Å². The first-order chi connectivity index (χ1) is 12.2. The molecule has 0 unspecified atom stereocenters. The second kappa shape index (κ2) is 10.2. The van der Waals surface area contributed by atoms with Crippen LogP contribution in [0.15, 0.2) is 67.2 Å². The second-order valence-corrected chi connectivity index (χ2v) is 5.75. The van der Waals surface area contributed by atoms with Gasteiger partial charge in [-0.15, -0.1) is 0 Å². The van der Waals surface area contributed by atoms with E-state index < -0.39 is 0 Å². The van der Waals surface area contributed by atoms with Crippen LogP contribution < -0.4 is 4.74 Å². The first-order valence-corrected chi connectivity index (χ1v) is 8.26. The molecule has 0 aliphatic heterocycles. The van der Waals surface area contributed by atoms with E-state index in [-0.39, 0.29) is 23.8 Å². The Kier molecular flexibility index (Phi) is 7.63. The van der Waals surface area contributed by atoms with Crippen LogP contribution in [-0.4, -0.2) is 11.9 Å². The molecule has 1 aromatic carbocycles. The molecule has 2 rings (SSSR count). The highest BCUT2D eigenvalue weighted by Gasteiger charge is 2.31. The van der Waals surface area contributed by atoms with Gasteiger partial charge in [-0.2, -0.15) is 0 Å². The minimum atomic E-state index is -0.305. The fraction of sp³-hybridized carbons (Fsp3) is 0.300. The molecule has 0 heterocycles. The Labute approximate surface area is 146 Å². The molecule has 0 spiro atoms. The van der Waals surface area contributed by atoms with Gasteiger partial charge in [0.2, 0.25) is 0 Å². The quantitative estimate of drug-likeness (QED) is 0.330. The van der Waals surface area contributed by atoms with Crippen LogP contribution in [0.2, 0.25) is 0 Å². The third kappa shape index (κ3) is 6.37.